The smallest absolute Gasteiger partial charge is 0.255 e. The van der Waals surface area contributed by atoms with Crippen molar-refractivity contribution in [2.45, 2.75) is 0 Å². The number of amides is 1. The van der Waals surface area contributed by atoms with E-state index in [0.29, 0.717) is 5.56 Å². The third-order valence-electron chi connectivity index (χ3n) is 3.05. The minimum Gasteiger partial charge on any atom is -0.368 e. The van der Waals surface area contributed by atoms with E-state index >= 15 is 0 Å². The second kappa shape index (κ2) is 5.35. The summed E-state index contributed by atoms with van der Waals surface area (Å²) in [4.78, 5) is 15.7. The molecule has 0 atom stereocenters. The number of rotatable bonds is 2. The van der Waals surface area contributed by atoms with Crippen LogP contribution in [0.25, 0.3) is 0 Å². The zero-order chi connectivity index (χ0) is 13.1. The van der Waals surface area contributed by atoms with E-state index in [1.54, 1.807) is 20.2 Å². The average molecular weight is 251 g/mol. The van der Waals surface area contributed by atoms with E-state index in [2.05, 4.69) is 10.2 Å². The van der Waals surface area contributed by atoms with Gasteiger partial charge >= 0.3 is 0 Å². The van der Waals surface area contributed by atoms with Gasteiger partial charge < -0.3 is 15.1 Å². The molecule has 18 heavy (non-hydrogen) atoms. The summed E-state index contributed by atoms with van der Waals surface area (Å²) in [5.41, 5.74) is 1.25. The summed E-state index contributed by atoms with van der Waals surface area (Å²) in [7, 11) is 3.35. The Bertz CT molecular complexity index is 442. The van der Waals surface area contributed by atoms with Crippen LogP contribution in [0.5, 0.6) is 0 Å². The fourth-order valence-electron chi connectivity index (χ4n) is 2.10. The van der Waals surface area contributed by atoms with Crippen molar-refractivity contribution in [1.82, 2.24) is 10.2 Å². The minimum atomic E-state index is -0.376. The molecule has 1 heterocycles. The summed E-state index contributed by atoms with van der Waals surface area (Å²) < 4.78 is 13.3. The number of carbonyl (C=O) groups is 1. The van der Waals surface area contributed by atoms with E-state index in [-0.39, 0.29) is 11.7 Å². The quantitative estimate of drug-likeness (QED) is 0.849. The highest BCUT2D eigenvalue weighted by atomic mass is 19.1. The molecule has 1 saturated heterocycles. The number of halogens is 1. The summed E-state index contributed by atoms with van der Waals surface area (Å²) in [6.45, 7) is 3.43. The van der Waals surface area contributed by atoms with Crippen LogP contribution in [0.3, 0.4) is 0 Å². The first-order chi connectivity index (χ1) is 8.59. The van der Waals surface area contributed by atoms with Crippen LogP contribution in [0.1, 0.15) is 10.4 Å². The van der Waals surface area contributed by atoms with Gasteiger partial charge in [-0.1, -0.05) is 0 Å². The number of hydrogen-bond donors (Lipinski definition) is 1. The van der Waals surface area contributed by atoms with Crippen LogP contribution in [0, 0.1) is 5.82 Å². The number of carbonyl (C=O) groups excluding carboxylic acids is 1. The minimum absolute atomic E-state index is 0.164. The number of nitrogens with zero attached hydrogens (tertiary/aromatic N) is 2. The van der Waals surface area contributed by atoms with Gasteiger partial charge in [-0.15, -0.1) is 0 Å². The van der Waals surface area contributed by atoms with Gasteiger partial charge in [-0.3, -0.25) is 4.79 Å². The maximum atomic E-state index is 13.3. The second-order valence-corrected chi connectivity index (χ2v) is 4.60. The molecule has 0 unspecified atom stereocenters. The van der Waals surface area contributed by atoms with Crippen LogP contribution in [0.15, 0.2) is 18.2 Å². The SMILES string of the molecule is CN(C)C(=O)c1cc(F)ccc1N1CCNCC1. The zero-order valence-electron chi connectivity index (χ0n) is 10.7. The predicted molar refractivity (Wildman–Crippen MR) is 69.5 cm³/mol. The topological polar surface area (TPSA) is 35.6 Å². The number of nitrogens with one attached hydrogen (secondary N) is 1. The molecule has 0 saturated carbocycles. The molecule has 1 aliphatic heterocycles. The van der Waals surface area contributed by atoms with Crippen LogP contribution in [-0.4, -0.2) is 51.1 Å². The number of benzene rings is 1. The Morgan fingerprint density at radius 3 is 2.61 bits per heavy atom. The molecule has 0 bridgehead atoms. The van der Waals surface area contributed by atoms with Crippen molar-refractivity contribution in [2.75, 3.05) is 45.2 Å². The Morgan fingerprint density at radius 1 is 1.33 bits per heavy atom. The summed E-state index contributed by atoms with van der Waals surface area (Å²) in [5, 5.41) is 3.26. The van der Waals surface area contributed by atoms with E-state index in [1.807, 2.05) is 0 Å². The van der Waals surface area contributed by atoms with Gasteiger partial charge in [-0.25, -0.2) is 4.39 Å². The monoisotopic (exact) mass is 251 g/mol. The molecule has 1 aromatic rings. The fourth-order valence-corrected chi connectivity index (χ4v) is 2.10. The first-order valence-electron chi connectivity index (χ1n) is 6.06. The van der Waals surface area contributed by atoms with Crippen molar-refractivity contribution < 1.29 is 9.18 Å². The lowest BCUT2D eigenvalue weighted by Gasteiger charge is -2.31. The van der Waals surface area contributed by atoms with Gasteiger partial charge in [0.15, 0.2) is 0 Å². The first-order valence-corrected chi connectivity index (χ1v) is 6.06. The van der Waals surface area contributed by atoms with Crippen LogP contribution < -0.4 is 10.2 Å². The third-order valence-corrected chi connectivity index (χ3v) is 3.05. The maximum Gasteiger partial charge on any atom is 0.255 e. The number of piperazine rings is 1. The molecule has 2 rings (SSSR count). The summed E-state index contributed by atoms with van der Waals surface area (Å²) >= 11 is 0. The normalized spacial score (nSPS) is 15.6. The molecule has 1 aliphatic rings. The van der Waals surface area contributed by atoms with Crippen molar-refractivity contribution in [3.05, 3.63) is 29.6 Å². The lowest BCUT2D eigenvalue weighted by Crippen LogP contribution is -2.44. The Labute approximate surface area is 106 Å². The second-order valence-electron chi connectivity index (χ2n) is 4.60. The van der Waals surface area contributed by atoms with Crippen LogP contribution >= 0.6 is 0 Å². The molecule has 1 N–H and O–H groups in total. The zero-order valence-corrected chi connectivity index (χ0v) is 10.7. The Morgan fingerprint density at radius 2 is 2.00 bits per heavy atom. The van der Waals surface area contributed by atoms with Crippen LogP contribution in [0.4, 0.5) is 10.1 Å². The van der Waals surface area contributed by atoms with Gasteiger partial charge in [0.05, 0.1) is 5.56 Å². The summed E-state index contributed by atoms with van der Waals surface area (Å²) in [5.74, 6) is -0.540. The van der Waals surface area contributed by atoms with Crippen LogP contribution in [-0.2, 0) is 0 Å². The largest absolute Gasteiger partial charge is 0.368 e. The lowest BCUT2D eigenvalue weighted by molar-refractivity contribution is 0.0827. The molecule has 0 spiro atoms. The van der Waals surface area contributed by atoms with Crippen molar-refractivity contribution >= 4 is 11.6 Å². The van der Waals surface area contributed by atoms with Gasteiger partial charge in [-0.05, 0) is 18.2 Å². The van der Waals surface area contributed by atoms with E-state index in [0.717, 1.165) is 31.9 Å². The summed E-state index contributed by atoms with van der Waals surface area (Å²) in [6, 6.07) is 4.42. The van der Waals surface area contributed by atoms with Gasteiger partial charge in [0, 0.05) is 46.0 Å². The van der Waals surface area contributed by atoms with Gasteiger partial charge in [0.1, 0.15) is 5.82 Å². The van der Waals surface area contributed by atoms with Crippen LogP contribution in [0.2, 0.25) is 0 Å². The Balaban J connectivity index is 2.36. The maximum absolute atomic E-state index is 13.3. The lowest BCUT2D eigenvalue weighted by atomic mass is 10.1. The van der Waals surface area contributed by atoms with Crippen molar-refractivity contribution in [3.63, 3.8) is 0 Å². The molecule has 1 fully saturated rings. The van der Waals surface area contributed by atoms with Crippen molar-refractivity contribution in [2.24, 2.45) is 0 Å². The molecule has 98 valence electrons. The van der Waals surface area contributed by atoms with Gasteiger partial charge in [0.2, 0.25) is 0 Å². The van der Waals surface area contributed by atoms with Gasteiger partial charge in [-0.2, -0.15) is 0 Å². The molecular formula is C13H18FN3O. The highest BCUT2D eigenvalue weighted by molar-refractivity contribution is 5.99. The molecule has 4 nitrogen and oxygen atoms in total. The van der Waals surface area contributed by atoms with Crippen molar-refractivity contribution in [3.8, 4) is 0 Å². The molecule has 5 heteroatoms. The van der Waals surface area contributed by atoms with Crippen molar-refractivity contribution in [1.29, 1.82) is 0 Å². The molecule has 0 aliphatic carbocycles. The standard InChI is InChI=1S/C13H18FN3O/c1-16(2)13(18)11-9-10(14)3-4-12(11)17-7-5-15-6-8-17/h3-4,9,15H,5-8H2,1-2H3. The predicted octanol–water partition coefficient (Wildman–Crippen LogP) is 0.937. The molecule has 1 amide bonds. The first kappa shape index (κ1) is 12.8. The van der Waals surface area contributed by atoms with E-state index in [4.69, 9.17) is 0 Å². The highest BCUT2D eigenvalue weighted by Gasteiger charge is 2.20. The molecular weight excluding hydrogens is 233 g/mol. The number of anilines is 1. The third kappa shape index (κ3) is 2.61. The molecule has 1 aromatic carbocycles. The van der Waals surface area contributed by atoms with Gasteiger partial charge in [0.25, 0.3) is 5.91 Å². The van der Waals surface area contributed by atoms with E-state index < -0.39 is 0 Å². The Kier molecular flexibility index (Phi) is 3.81. The summed E-state index contributed by atoms with van der Waals surface area (Å²) in [6.07, 6.45) is 0. The van der Waals surface area contributed by atoms with E-state index in [1.165, 1.54) is 17.0 Å². The fraction of sp³-hybridized carbons (Fsp3) is 0.462. The highest BCUT2D eigenvalue weighted by Crippen LogP contribution is 2.23. The van der Waals surface area contributed by atoms with E-state index in [9.17, 15) is 9.18 Å². The number of hydrogen-bond acceptors (Lipinski definition) is 3. The average Bonchev–Trinajstić information content (AvgIpc) is 2.38. The Hall–Kier alpha value is -1.62. The molecule has 0 aromatic heterocycles. The molecule has 0 radical (unpaired) electrons.